The minimum absolute atomic E-state index is 0.230. The van der Waals surface area contributed by atoms with Crippen LogP contribution in [-0.4, -0.2) is 4.98 Å². The molecule has 1 aromatic carbocycles. The molecule has 0 aliphatic rings. The molecule has 0 bridgehead atoms. The first-order valence-electron chi connectivity index (χ1n) is 4.93. The summed E-state index contributed by atoms with van der Waals surface area (Å²) in [4.78, 5) is 4.88. The fraction of sp³-hybridized carbons (Fsp3) is 0.0833. The molecule has 0 unspecified atom stereocenters. The summed E-state index contributed by atoms with van der Waals surface area (Å²) in [5.41, 5.74) is 7.34. The smallest absolute Gasteiger partial charge is 0.123 e. The molecule has 0 aliphatic carbocycles. The minimum Gasteiger partial charge on any atom is -0.397 e. The van der Waals surface area contributed by atoms with E-state index >= 15 is 0 Å². The molecule has 0 radical (unpaired) electrons. The molecular formula is C12H10BrFN2S. The molecule has 2 nitrogen and oxygen atoms in total. The second-order valence-corrected chi connectivity index (χ2v) is 5.31. The Balaban J connectivity index is 2.12. The van der Waals surface area contributed by atoms with Gasteiger partial charge < -0.3 is 5.73 Å². The van der Waals surface area contributed by atoms with Gasteiger partial charge in [-0.1, -0.05) is 15.9 Å². The lowest BCUT2D eigenvalue weighted by Gasteiger charge is -2.06. The van der Waals surface area contributed by atoms with Gasteiger partial charge in [0, 0.05) is 21.3 Å². The SMILES string of the molecule is Nc1cnccc1SCc1cc(F)ccc1Br. The van der Waals surface area contributed by atoms with Crippen molar-refractivity contribution in [3.63, 3.8) is 0 Å². The van der Waals surface area contributed by atoms with Crippen molar-refractivity contribution in [1.29, 1.82) is 0 Å². The summed E-state index contributed by atoms with van der Waals surface area (Å²) in [5.74, 6) is 0.429. The molecule has 2 aromatic rings. The Morgan fingerprint density at radius 2 is 2.18 bits per heavy atom. The van der Waals surface area contributed by atoms with Gasteiger partial charge >= 0.3 is 0 Å². The molecular weight excluding hydrogens is 303 g/mol. The lowest BCUT2D eigenvalue weighted by atomic mass is 10.2. The zero-order valence-electron chi connectivity index (χ0n) is 8.86. The average Bonchev–Trinajstić information content (AvgIpc) is 2.32. The Bertz CT molecular complexity index is 534. The summed E-state index contributed by atoms with van der Waals surface area (Å²) in [6.07, 6.45) is 3.31. The first-order chi connectivity index (χ1) is 8.16. The number of nitrogens with two attached hydrogens (primary N) is 1. The van der Waals surface area contributed by atoms with E-state index in [-0.39, 0.29) is 5.82 Å². The van der Waals surface area contributed by atoms with E-state index in [1.165, 1.54) is 12.1 Å². The Kier molecular flexibility index (Phi) is 4.02. The quantitative estimate of drug-likeness (QED) is 0.875. The number of nitrogens with zero attached hydrogens (tertiary/aromatic N) is 1. The highest BCUT2D eigenvalue weighted by atomic mass is 79.9. The van der Waals surface area contributed by atoms with Crippen LogP contribution >= 0.6 is 27.7 Å². The molecule has 2 rings (SSSR count). The van der Waals surface area contributed by atoms with Crippen molar-refractivity contribution in [3.8, 4) is 0 Å². The van der Waals surface area contributed by atoms with Crippen LogP contribution in [0.25, 0.3) is 0 Å². The maximum Gasteiger partial charge on any atom is 0.123 e. The highest BCUT2D eigenvalue weighted by molar-refractivity contribution is 9.10. The number of rotatable bonds is 3. The topological polar surface area (TPSA) is 38.9 Å². The number of anilines is 1. The van der Waals surface area contributed by atoms with Gasteiger partial charge in [-0.05, 0) is 29.8 Å². The van der Waals surface area contributed by atoms with Gasteiger partial charge in [0.2, 0.25) is 0 Å². The van der Waals surface area contributed by atoms with Gasteiger partial charge in [-0.25, -0.2) is 4.39 Å². The van der Waals surface area contributed by atoms with Gasteiger partial charge in [-0.3, -0.25) is 4.98 Å². The van der Waals surface area contributed by atoms with E-state index < -0.39 is 0 Å². The molecule has 0 saturated carbocycles. The van der Waals surface area contributed by atoms with Gasteiger partial charge in [0.15, 0.2) is 0 Å². The number of benzene rings is 1. The lowest BCUT2D eigenvalue weighted by Crippen LogP contribution is -1.90. The highest BCUT2D eigenvalue weighted by Crippen LogP contribution is 2.30. The van der Waals surface area contributed by atoms with E-state index in [0.717, 1.165) is 14.9 Å². The molecule has 0 atom stereocenters. The van der Waals surface area contributed by atoms with E-state index in [4.69, 9.17) is 5.73 Å². The van der Waals surface area contributed by atoms with E-state index in [0.29, 0.717) is 11.4 Å². The van der Waals surface area contributed by atoms with Crippen molar-refractivity contribution in [3.05, 3.63) is 52.5 Å². The fourth-order valence-electron chi connectivity index (χ4n) is 1.33. The van der Waals surface area contributed by atoms with Crippen LogP contribution in [0, 0.1) is 5.82 Å². The zero-order valence-corrected chi connectivity index (χ0v) is 11.3. The van der Waals surface area contributed by atoms with Crippen LogP contribution in [0.1, 0.15) is 5.56 Å². The molecule has 88 valence electrons. The molecule has 0 amide bonds. The number of hydrogen-bond acceptors (Lipinski definition) is 3. The molecule has 1 heterocycles. The van der Waals surface area contributed by atoms with Gasteiger partial charge in [-0.15, -0.1) is 11.8 Å². The van der Waals surface area contributed by atoms with Crippen molar-refractivity contribution in [2.75, 3.05) is 5.73 Å². The van der Waals surface area contributed by atoms with Gasteiger partial charge in [0.1, 0.15) is 5.82 Å². The maximum atomic E-state index is 13.1. The highest BCUT2D eigenvalue weighted by Gasteiger charge is 2.04. The largest absolute Gasteiger partial charge is 0.397 e. The first kappa shape index (κ1) is 12.4. The van der Waals surface area contributed by atoms with Crippen LogP contribution in [0.4, 0.5) is 10.1 Å². The third-order valence-electron chi connectivity index (χ3n) is 2.20. The predicted molar refractivity (Wildman–Crippen MR) is 72.3 cm³/mol. The van der Waals surface area contributed by atoms with Crippen LogP contribution in [0.3, 0.4) is 0 Å². The third-order valence-corrected chi connectivity index (χ3v) is 4.11. The minimum atomic E-state index is -0.230. The zero-order chi connectivity index (χ0) is 12.3. The second-order valence-electron chi connectivity index (χ2n) is 3.44. The van der Waals surface area contributed by atoms with Gasteiger partial charge in [0.05, 0.1) is 11.9 Å². The Labute approximate surface area is 112 Å². The monoisotopic (exact) mass is 312 g/mol. The Morgan fingerprint density at radius 3 is 2.94 bits per heavy atom. The number of aromatic nitrogens is 1. The average molecular weight is 313 g/mol. The van der Waals surface area contributed by atoms with E-state index in [2.05, 4.69) is 20.9 Å². The second kappa shape index (κ2) is 5.51. The summed E-state index contributed by atoms with van der Waals surface area (Å²) in [7, 11) is 0. The predicted octanol–water partition coefficient (Wildman–Crippen LogP) is 3.86. The van der Waals surface area contributed by atoms with Crippen molar-refractivity contribution < 1.29 is 4.39 Å². The van der Waals surface area contributed by atoms with Crippen molar-refractivity contribution in [2.24, 2.45) is 0 Å². The number of nitrogen functional groups attached to an aromatic ring is 1. The van der Waals surface area contributed by atoms with Crippen LogP contribution < -0.4 is 5.73 Å². The fourth-order valence-corrected chi connectivity index (χ4v) is 2.83. The van der Waals surface area contributed by atoms with Crippen LogP contribution in [0.5, 0.6) is 0 Å². The van der Waals surface area contributed by atoms with Crippen LogP contribution in [-0.2, 0) is 5.75 Å². The number of halogens is 2. The first-order valence-corrected chi connectivity index (χ1v) is 6.71. The summed E-state index contributed by atoms with van der Waals surface area (Å²) in [5, 5.41) is 0. The van der Waals surface area contributed by atoms with Crippen molar-refractivity contribution >= 4 is 33.4 Å². The van der Waals surface area contributed by atoms with E-state index in [1.807, 2.05) is 6.07 Å². The molecule has 0 fully saturated rings. The van der Waals surface area contributed by atoms with Crippen LogP contribution in [0.15, 0.2) is 46.0 Å². The molecule has 0 aliphatic heterocycles. The Morgan fingerprint density at radius 1 is 1.35 bits per heavy atom. The molecule has 2 N–H and O–H groups in total. The van der Waals surface area contributed by atoms with Gasteiger partial charge in [0.25, 0.3) is 0 Å². The Hall–Kier alpha value is -1.07. The molecule has 0 spiro atoms. The number of hydrogen-bond donors (Lipinski definition) is 1. The molecule has 1 aromatic heterocycles. The maximum absolute atomic E-state index is 13.1. The summed E-state index contributed by atoms with van der Waals surface area (Å²) in [6.45, 7) is 0. The lowest BCUT2D eigenvalue weighted by molar-refractivity contribution is 0.626. The summed E-state index contributed by atoms with van der Waals surface area (Å²) < 4.78 is 14.0. The molecule has 0 saturated heterocycles. The summed E-state index contributed by atoms with van der Waals surface area (Å²) >= 11 is 4.96. The number of thioether (sulfide) groups is 1. The third kappa shape index (κ3) is 3.20. The molecule has 5 heteroatoms. The van der Waals surface area contributed by atoms with E-state index in [1.54, 1.807) is 30.2 Å². The van der Waals surface area contributed by atoms with Gasteiger partial charge in [-0.2, -0.15) is 0 Å². The summed E-state index contributed by atoms with van der Waals surface area (Å²) in [6, 6.07) is 6.52. The standard InChI is InChI=1S/C12H10BrFN2S/c13-10-2-1-9(14)5-8(10)7-17-12-3-4-16-6-11(12)15/h1-6H,7,15H2. The van der Waals surface area contributed by atoms with Crippen LogP contribution in [0.2, 0.25) is 0 Å². The molecule has 17 heavy (non-hydrogen) atoms. The number of pyridine rings is 1. The van der Waals surface area contributed by atoms with Crippen molar-refractivity contribution in [2.45, 2.75) is 10.6 Å². The van der Waals surface area contributed by atoms with Crippen molar-refractivity contribution in [1.82, 2.24) is 4.98 Å². The van der Waals surface area contributed by atoms with E-state index in [9.17, 15) is 4.39 Å². The normalized spacial score (nSPS) is 10.5.